The molecule has 116 valence electrons. The minimum atomic E-state index is -1.37. The van der Waals surface area contributed by atoms with Gasteiger partial charge in [-0.25, -0.2) is 9.18 Å². The van der Waals surface area contributed by atoms with Crippen LogP contribution >= 0.6 is 0 Å². The van der Waals surface area contributed by atoms with Crippen molar-refractivity contribution in [3.8, 4) is 0 Å². The Morgan fingerprint density at radius 2 is 2.24 bits per heavy atom. The lowest BCUT2D eigenvalue weighted by Crippen LogP contribution is -2.29. The molecular weight excluding hydrogens is 285 g/mol. The number of aliphatic hydroxyl groups is 3. The fourth-order valence-corrected chi connectivity index (χ4v) is 2.17. The molecule has 3 unspecified atom stereocenters. The van der Waals surface area contributed by atoms with Crippen LogP contribution in [0.15, 0.2) is 22.9 Å². The van der Waals surface area contributed by atoms with Gasteiger partial charge in [0.2, 0.25) is 0 Å². The molecule has 0 aromatic carbocycles. The Balaban J connectivity index is 2.46. The zero-order chi connectivity index (χ0) is 15.6. The van der Waals surface area contributed by atoms with Crippen molar-refractivity contribution in [1.29, 1.82) is 0 Å². The van der Waals surface area contributed by atoms with Gasteiger partial charge in [-0.3, -0.25) is 4.57 Å². The van der Waals surface area contributed by atoms with Gasteiger partial charge in [0.15, 0.2) is 6.23 Å². The standard InChI is InChI=1S/C12H16FN3O5/c13-3-7-9(19)8(5-18)21-11(7)16-4-6(1-2-17)10(14)15-12(16)20/h3-4,8-9,11,17-19H,1-2,5H2,(H2,14,15,20). The molecule has 0 aliphatic carbocycles. The Morgan fingerprint density at radius 3 is 2.81 bits per heavy atom. The van der Waals surface area contributed by atoms with E-state index in [1.807, 2.05) is 0 Å². The maximum absolute atomic E-state index is 13.0. The normalized spacial score (nSPS) is 27.4. The second-order valence-corrected chi connectivity index (χ2v) is 4.58. The summed E-state index contributed by atoms with van der Waals surface area (Å²) in [5.41, 5.74) is 4.97. The van der Waals surface area contributed by atoms with E-state index in [4.69, 9.17) is 20.7 Å². The molecule has 1 aliphatic rings. The van der Waals surface area contributed by atoms with Crippen molar-refractivity contribution in [2.45, 2.75) is 24.9 Å². The van der Waals surface area contributed by atoms with E-state index < -0.39 is 30.7 Å². The van der Waals surface area contributed by atoms with Crippen molar-refractivity contribution in [2.75, 3.05) is 18.9 Å². The third-order valence-corrected chi connectivity index (χ3v) is 3.28. The smallest absolute Gasteiger partial charge is 0.351 e. The summed E-state index contributed by atoms with van der Waals surface area (Å²) in [4.78, 5) is 15.5. The largest absolute Gasteiger partial charge is 0.396 e. The molecule has 0 radical (unpaired) electrons. The van der Waals surface area contributed by atoms with E-state index in [9.17, 15) is 14.3 Å². The molecule has 1 aromatic heterocycles. The summed E-state index contributed by atoms with van der Waals surface area (Å²) in [6, 6.07) is 0. The minimum Gasteiger partial charge on any atom is -0.396 e. The Hall–Kier alpha value is -1.81. The van der Waals surface area contributed by atoms with Gasteiger partial charge in [0.05, 0.1) is 12.9 Å². The lowest BCUT2D eigenvalue weighted by Gasteiger charge is -2.16. The summed E-state index contributed by atoms with van der Waals surface area (Å²) in [5.74, 6) is -0.0340. The number of anilines is 1. The molecule has 1 aromatic rings. The molecule has 2 rings (SSSR count). The van der Waals surface area contributed by atoms with E-state index >= 15 is 0 Å². The summed E-state index contributed by atoms with van der Waals surface area (Å²) in [6.07, 6.45) is -2.04. The lowest BCUT2D eigenvalue weighted by molar-refractivity contribution is -0.0448. The summed E-state index contributed by atoms with van der Waals surface area (Å²) in [6.45, 7) is -0.737. The van der Waals surface area contributed by atoms with Crippen molar-refractivity contribution in [3.05, 3.63) is 34.1 Å². The van der Waals surface area contributed by atoms with Gasteiger partial charge >= 0.3 is 5.69 Å². The summed E-state index contributed by atoms with van der Waals surface area (Å²) >= 11 is 0. The fourth-order valence-electron chi connectivity index (χ4n) is 2.17. The minimum absolute atomic E-state index is 0.0340. The van der Waals surface area contributed by atoms with Gasteiger partial charge in [-0.2, -0.15) is 4.98 Å². The first kappa shape index (κ1) is 15.6. The van der Waals surface area contributed by atoms with Crippen LogP contribution in [0.1, 0.15) is 11.8 Å². The fraction of sp³-hybridized carbons (Fsp3) is 0.500. The highest BCUT2D eigenvalue weighted by atomic mass is 19.1. The van der Waals surface area contributed by atoms with E-state index in [1.165, 1.54) is 6.20 Å². The molecule has 1 aliphatic heterocycles. The lowest BCUT2D eigenvalue weighted by atomic mass is 10.1. The highest BCUT2D eigenvalue weighted by Gasteiger charge is 2.40. The predicted octanol–water partition coefficient (Wildman–Crippen LogP) is -1.54. The van der Waals surface area contributed by atoms with Crippen LogP contribution in [0, 0.1) is 0 Å². The molecule has 0 amide bonds. The van der Waals surface area contributed by atoms with Crippen LogP contribution in [0.5, 0.6) is 0 Å². The van der Waals surface area contributed by atoms with Gasteiger partial charge in [0.1, 0.15) is 18.0 Å². The van der Waals surface area contributed by atoms with Gasteiger partial charge in [0, 0.05) is 30.4 Å². The van der Waals surface area contributed by atoms with Crippen LogP contribution in [0.4, 0.5) is 10.2 Å². The van der Waals surface area contributed by atoms with E-state index in [0.29, 0.717) is 5.56 Å². The number of nitrogens with two attached hydrogens (primary N) is 1. The molecule has 5 N–H and O–H groups in total. The molecule has 8 nitrogen and oxygen atoms in total. The number of nitrogen functional groups attached to an aromatic ring is 1. The predicted molar refractivity (Wildman–Crippen MR) is 69.9 cm³/mol. The topological polar surface area (TPSA) is 131 Å². The van der Waals surface area contributed by atoms with E-state index in [2.05, 4.69) is 4.98 Å². The Labute approximate surface area is 118 Å². The summed E-state index contributed by atoms with van der Waals surface area (Å²) < 4.78 is 19.2. The van der Waals surface area contributed by atoms with Crippen LogP contribution < -0.4 is 11.4 Å². The van der Waals surface area contributed by atoms with E-state index in [0.717, 1.165) is 4.57 Å². The van der Waals surface area contributed by atoms with Gasteiger partial charge in [0.25, 0.3) is 0 Å². The molecule has 2 heterocycles. The number of nitrogens with zero attached hydrogens (tertiary/aromatic N) is 2. The third-order valence-electron chi connectivity index (χ3n) is 3.28. The second kappa shape index (κ2) is 6.31. The Morgan fingerprint density at radius 1 is 1.52 bits per heavy atom. The summed E-state index contributed by atoms with van der Waals surface area (Å²) in [7, 11) is 0. The maximum atomic E-state index is 13.0. The quantitative estimate of drug-likeness (QED) is 0.530. The second-order valence-electron chi connectivity index (χ2n) is 4.58. The van der Waals surface area contributed by atoms with Gasteiger partial charge in [-0.1, -0.05) is 0 Å². The van der Waals surface area contributed by atoms with Crippen molar-refractivity contribution in [1.82, 2.24) is 9.55 Å². The SMILES string of the molecule is Nc1nc(=O)n(C2OC(CO)C(O)C2=CF)cc1CCO. The number of aromatic nitrogens is 2. The average molecular weight is 301 g/mol. The first-order valence-corrected chi connectivity index (χ1v) is 6.26. The van der Waals surface area contributed by atoms with Crippen molar-refractivity contribution in [3.63, 3.8) is 0 Å². The van der Waals surface area contributed by atoms with Crippen LogP contribution in [0.25, 0.3) is 0 Å². The molecule has 1 saturated heterocycles. The number of hydrogen-bond acceptors (Lipinski definition) is 7. The summed E-state index contributed by atoms with van der Waals surface area (Å²) in [5, 5.41) is 27.8. The number of rotatable bonds is 4. The van der Waals surface area contributed by atoms with Gasteiger partial charge in [-0.05, 0) is 0 Å². The Kier molecular flexibility index (Phi) is 4.68. The third kappa shape index (κ3) is 2.81. The zero-order valence-electron chi connectivity index (χ0n) is 11.0. The maximum Gasteiger partial charge on any atom is 0.351 e. The first-order chi connectivity index (χ1) is 10.0. The molecule has 0 saturated carbocycles. The van der Waals surface area contributed by atoms with E-state index in [1.54, 1.807) is 0 Å². The monoisotopic (exact) mass is 301 g/mol. The average Bonchev–Trinajstić information content (AvgIpc) is 2.78. The van der Waals surface area contributed by atoms with Crippen molar-refractivity contribution >= 4 is 5.82 Å². The number of aliphatic hydroxyl groups excluding tert-OH is 3. The Bertz CT molecular complexity index is 603. The van der Waals surface area contributed by atoms with Crippen molar-refractivity contribution in [2.24, 2.45) is 0 Å². The number of halogens is 1. The van der Waals surface area contributed by atoms with Gasteiger partial charge < -0.3 is 25.8 Å². The molecule has 21 heavy (non-hydrogen) atoms. The van der Waals surface area contributed by atoms with E-state index in [-0.39, 0.29) is 30.7 Å². The molecule has 0 bridgehead atoms. The van der Waals surface area contributed by atoms with Crippen LogP contribution in [-0.4, -0.2) is 50.3 Å². The first-order valence-electron chi connectivity index (χ1n) is 6.26. The molecule has 0 spiro atoms. The number of hydrogen-bond donors (Lipinski definition) is 4. The van der Waals surface area contributed by atoms with Crippen LogP contribution in [0.2, 0.25) is 0 Å². The zero-order valence-corrected chi connectivity index (χ0v) is 11.0. The van der Waals surface area contributed by atoms with Crippen molar-refractivity contribution < 1.29 is 24.4 Å². The number of ether oxygens (including phenoxy) is 1. The van der Waals surface area contributed by atoms with Crippen LogP contribution in [-0.2, 0) is 11.2 Å². The highest BCUT2D eigenvalue weighted by molar-refractivity contribution is 5.37. The van der Waals surface area contributed by atoms with Crippen LogP contribution in [0.3, 0.4) is 0 Å². The molecule has 9 heteroatoms. The highest BCUT2D eigenvalue weighted by Crippen LogP contribution is 2.33. The molecule has 1 fully saturated rings. The molecule has 3 atom stereocenters. The van der Waals surface area contributed by atoms with Gasteiger partial charge in [-0.15, -0.1) is 0 Å². The molecular formula is C12H16FN3O5.